The average molecular weight is 362 g/mol. The fourth-order valence-electron chi connectivity index (χ4n) is 2.62. The number of aryl methyl sites for hydroxylation is 3. The molecule has 2 aromatic heterocycles. The van der Waals surface area contributed by atoms with Gasteiger partial charge in [0.15, 0.2) is 0 Å². The molecule has 1 aromatic carbocycles. The van der Waals surface area contributed by atoms with Crippen LogP contribution in [0.3, 0.4) is 0 Å². The highest BCUT2D eigenvalue weighted by Gasteiger charge is 2.25. The Balaban J connectivity index is 2.06. The number of nitrogens with zero attached hydrogens (tertiary/aromatic N) is 3. The fourth-order valence-corrected chi connectivity index (χ4v) is 4.75. The lowest BCUT2D eigenvalue weighted by Crippen LogP contribution is -2.15. The van der Waals surface area contributed by atoms with Gasteiger partial charge in [-0.15, -0.1) is 11.3 Å². The molecule has 8 heteroatoms. The number of benzene rings is 1. The van der Waals surface area contributed by atoms with Crippen molar-refractivity contribution in [2.75, 3.05) is 4.72 Å². The Morgan fingerprint density at radius 2 is 1.88 bits per heavy atom. The molecule has 2 heterocycles. The number of nitrogens with one attached hydrogen (secondary N) is 1. The zero-order valence-electron chi connectivity index (χ0n) is 13.9. The molecule has 0 saturated heterocycles. The molecular formula is C16H18N4O2S2. The maximum absolute atomic E-state index is 12.9. The Labute approximate surface area is 145 Å². The highest BCUT2D eigenvalue weighted by atomic mass is 32.2. The largest absolute Gasteiger partial charge is 0.279 e. The molecule has 0 unspecified atom stereocenters. The van der Waals surface area contributed by atoms with Gasteiger partial charge < -0.3 is 0 Å². The van der Waals surface area contributed by atoms with Crippen molar-refractivity contribution in [3.05, 3.63) is 46.0 Å². The van der Waals surface area contributed by atoms with E-state index in [0.29, 0.717) is 17.1 Å². The first kappa shape index (κ1) is 16.7. The average Bonchev–Trinajstić information content (AvgIpc) is 3.03. The molecule has 3 aromatic rings. The zero-order chi connectivity index (χ0) is 17.5. The molecule has 126 valence electrons. The summed E-state index contributed by atoms with van der Waals surface area (Å²) in [6.07, 6.45) is 0. The van der Waals surface area contributed by atoms with E-state index in [1.54, 1.807) is 37.7 Å². The molecule has 0 radical (unpaired) electrons. The number of para-hydroxylation sites is 1. The quantitative estimate of drug-likeness (QED) is 0.773. The lowest BCUT2D eigenvalue weighted by molar-refractivity contribution is 0.599. The summed E-state index contributed by atoms with van der Waals surface area (Å²) in [5, 5.41) is 7.04. The maximum Gasteiger partial charge on any atom is 0.265 e. The van der Waals surface area contributed by atoms with Crippen molar-refractivity contribution in [3.8, 4) is 11.3 Å². The van der Waals surface area contributed by atoms with Crippen LogP contribution in [0.15, 0.2) is 34.5 Å². The predicted molar refractivity (Wildman–Crippen MR) is 95.8 cm³/mol. The molecule has 0 saturated carbocycles. The Morgan fingerprint density at radius 3 is 2.46 bits per heavy atom. The fraction of sp³-hybridized carbons (Fsp3) is 0.250. The molecule has 0 bridgehead atoms. The van der Waals surface area contributed by atoms with E-state index < -0.39 is 10.0 Å². The van der Waals surface area contributed by atoms with Crippen LogP contribution in [0.5, 0.6) is 0 Å². The topological polar surface area (TPSA) is 76.9 Å². The number of hydrogen-bond donors (Lipinski definition) is 1. The van der Waals surface area contributed by atoms with E-state index >= 15 is 0 Å². The SMILES string of the molecule is Cc1nc(-c2ccccc2NS(=O)(=O)c2c(C)nn(C)c2C)cs1. The van der Waals surface area contributed by atoms with Crippen LogP contribution in [0, 0.1) is 20.8 Å². The Bertz CT molecular complexity index is 1000. The third kappa shape index (κ3) is 2.94. The first-order valence-corrected chi connectivity index (χ1v) is 9.70. The van der Waals surface area contributed by atoms with Gasteiger partial charge in [0, 0.05) is 18.0 Å². The van der Waals surface area contributed by atoms with Gasteiger partial charge in [0.25, 0.3) is 10.0 Å². The van der Waals surface area contributed by atoms with Crippen LogP contribution in [0.4, 0.5) is 5.69 Å². The van der Waals surface area contributed by atoms with Crippen molar-refractivity contribution in [3.63, 3.8) is 0 Å². The van der Waals surface area contributed by atoms with E-state index in [4.69, 9.17) is 0 Å². The van der Waals surface area contributed by atoms with Gasteiger partial charge in [-0.2, -0.15) is 5.10 Å². The third-order valence-corrected chi connectivity index (χ3v) is 6.17. The maximum atomic E-state index is 12.9. The summed E-state index contributed by atoms with van der Waals surface area (Å²) in [4.78, 5) is 4.67. The van der Waals surface area contributed by atoms with Crippen LogP contribution in [0.2, 0.25) is 0 Å². The Hall–Kier alpha value is -2.19. The first-order chi connectivity index (χ1) is 11.3. The molecule has 24 heavy (non-hydrogen) atoms. The monoisotopic (exact) mass is 362 g/mol. The molecule has 0 aliphatic rings. The summed E-state index contributed by atoms with van der Waals surface area (Å²) in [5.74, 6) is 0. The van der Waals surface area contributed by atoms with Crippen LogP contribution >= 0.6 is 11.3 Å². The summed E-state index contributed by atoms with van der Waals surface area (Å²) >= 11 is 1.53. The van der Waals surface area contributed by atoms with Crippen LogP contribution in [-0.2, 0) is 17.1 Å². The van der Waals surface area contributed by atoms with E-state index in [1.165, 1.54) is 11.3 Å². The molecule has 0 spiro atoms. The van der Waals surface area contributed by atoms with Crippen LogP contribution < -0.4 is 4.72 Å². The predicted octanol–water partition coefficient (Wildman–Crippen LogP) is 3.27. The van der Waals surface area contributed by atoms with E-state index in [-0.39, 0.29) is 4.90 Å². The molecule has 0 amide bonds. The highest BCUT2D eigenvalue weighted by molar-refractivity contribution is 7.92. The second-order valence-electron chi connectivity index (χ2n) is 5.53. The smallest absolute Gasteiger partial charge is 0.265 e. The minimum atomic E-state index is -3.74. The van der Waals surface area contributed by atoms with E-state index in [2.05, 4.69) is 14.8 Å². The third-order valence-electron chi connectivity index (χ3n) is 3.78. The summed E-state index contributed by atoms with van der Waals surface area (Å²) in [6.45, 7) is 5.35. The zero-order valence-corrected chi connectivity index (χ0v) is 15.5. The lowest BCUT2D eigenvalue weighted by atomic mass is 10.1. The molecule has 0 atom stereocenters. The van der Waals surface area contributed by atoms with Crippen molar-refractivity contribution < 1.29 is 8.42 Å². The van der Waals surface area contributed by atoms with Gasteiger partial charge in [0.05, 0.1) is 27.8 Å². The van der Waals surface area contributed by atoms with Crippen molar-refractivity contribution in [1.82, 2.24) is 14.8 Å². The Kier molecular flexibility index (Phi) is 4.18. The van der Waals surface area contributed by atoms with Crippen LogP contribution in [0.1, 0.15) is 16.4 Å². The van der Waals surface area contributed by atoms with Gasteiger partial charge >= 0.3 is 0 Å². The summed E-state index contributed by atoms with van der Waals surface area (Å²) < 4.78 is 30.0. The number of anilines is 1. The van der Waals surface area contributed by atoms with Crippen molar-refractivity contribution in [2.45, 2.75) is 25.7 Å². The first-order valence-electron chi connectivity index (χ1n) is 7.34. The van der Waals surface area contributed by atoms with E-state index in [1.807, 2.05) is 24.4 Å². The lowest BCUT2D eigenvalue weighted by Gasteiger charge is -2.12. The molecule has 0 aliphatic heterocycles. The number of aromatic nitrogens is 3. The summed E-state index contributed by atoms with van der Waals surface area (Å²) in [5.41, 5.74) is 3.09. The van der Waals surface area contributed by atoms with Gasteiger partial charge in [-0.3, -0.25) is 9.40 Å². The minimum absolute atomic E-state index is 0.217. The molecule has 1 N–H and O–H groups in total. The van der Waals surface area contributed by atoms with Gasteiger partial charge in [0.2, 0.25) is 0 Å². The summed E-state index contributed by atoms with van der Waals surface area (Å²) in [7, 11) is -2.01. The molecular weight excluding hydrogens is 344 g/mol. The molecule has 3 rings (SSSR count). The number of hydrogen-bond acceptors (Lipinski definition) is 5. The number of sulfonamides is 1. The summed E-state index contributed by atoms with van der Waals surface area (Å²) in [6, 6.07) is 7.25. The van der Waals surface area contributed by atoms with Crippen LogP contribution in [-0.4, -0.2) is 23.2 Å². The highest BCUT2D eigenvalue weighted by Crippen LogP contribution is 2.31. The van der Waals surface area contributed by atoms with Crippen LogP contribution in [0.25, 0.3) is 11.3 Å². The Morgan fingerprint density at radius 1 is 1.17 bits per heavy atom. The van der Waals surface area contributed by atoms with Crippen molar-refractivity contribution in [2.24, 2.45) is 7.05 Å². The second-order valence-corrected chi connectivity index (χ2v) is 8.21. The van der Waals surface area contributed by atoms with Crippen molar-refractivity contribution in [1.29, 1.82) is 0 Å². The van der Waals surface area contributed by atoms with Gasteiger partial charge in [-0.25, -0.2) is 13.4 Å². The normalized spacial score (nSPS) is 11.7. The van der Waals surface area contributed by atoms with Crippen molar-refractivity contribution >= 4 is 27.0 Å². The minimum Gasteiger partial charge on any atom is -0.279 e. The van der Waals surface area contributed by atoms with Gasteiger partial charge in [0.1, 0.15) is 4.90 Å². The number of rotatable bonds is 4. The second kappa shape index (κ2) is 6.03. The number of thiazole rings is 1. The van der Waals surface area contributed by atoms with E-state index in [0.717, 1.165) is 16.3 Å². The molecule has 0 fully saturated rings. The van der Waals surface area contributed by atoms with Gasteiger partial charge in [-0.1, -0.05) is 18.2 Å². The molecule has 0 aliphatic carbocycles. The van der Waals surface area contributed by atoms with E-state index in [9.17, 15) is 8.42 Å². The van der Waals surface area contributed by atoms with Gasteiger partial charge in [-0.05, 0) is 26.8 Å². The molecule has 6 nitrogen and oxygen atoms in total. The standard InChI is InChI=1S/C16H18N4O2S2/c1-10-16(11(2)20(4)18-10)24(21,22)19-14-8-6-5-7-13(14)15-9-23-12(3)17-15/h5-9,19H,1-4H3.